The minimum Gasteiger partial charge on any atom is -0.490 e. The average molecular weight is 458 g/mol. The minimum atomic E-state index is -4.00. The number of anilines is 1. The predicted molar refractivity (Wildman–Crippen MR) is 123 cm³/mol. The van der Waals surface area contributed by atoms with Gasteiger partial charge in [0, 0.05) is 24.1 Å². The van der Waals surface area contributed by atoms with E-state index in [1.807, 2.05) is 45.9 Å². The first-order chi connectivity index (χ1) is 15.2. The van der Waals surface area contributed by atoms with Crippen LogP contribution >= 0.6 is 0 Å². The minimum absolute atomic E-state index is 0.179. The molecule has 0 bridgehead atoms. The van der Waals surface area contributed by atoms with Gasteiger partial charge >= 0.3 is 0 Å². The van der Waals surface area contributed by atoms with Gasteiger partial charge in [0.2, 0.25) is 20.9 Å². The van der Waals surface area contributed by atoms with Crippen LogP contribution in [0.15, 0.2) is 53.9 Å². The molecule has 8 nitrogen and oxygen atoms in total. The Morgan fingerprint density at radius 1 is 1.03 bits per heavy atom. The molecular formula is C23H27N3O5S. The highest BCUT2D eigenvalue weighted by Crippen LogP contribution is 2.30. The van der Waals surface area contributed by atoms with Crippen LogP contribution in [0, 0.1) is 13.8 Å². The van der Waals surface area contributed by atoms with Gasteiger partial charge in [-0.3, -0.25) is 9.36 Å². The third-order valence-electron chi connectivity index (χ3n) is 4.65. The van der Waals surface area contributed by atoms with Gasteiger partial charge in [0.15, 0.2) is 11.5 Å². The van der Waals surface area contributed by atoms with E-state index in [9.17, 15) is 13.2 Å². The van der Waals surface area contributed by atoms with Crippen LogP contribution in [0.25, 0.3) is 5.69 Å². The van der Waals surface area contributed by atoms with E-state index in [1.165, 1.54) is 10.8 Å². The van der Waals surface area contributed by atoms with Crippen LogP contribution in [-0.2, 0) is 14.6 Å². The first-order valence-electron chi connectivity index (χ1n) is 10.3. The predicted octanol–water partition coefficient (Wildman–Crippen LogP) is 3.70. The number of carbonyl (C=O) groups excluding carboxylic acids is 1. The first-order valence-corrected chi connectivity index (χ1v) is 11.9. The molecular weight excluding hydrogens is 430 g/mol. The quantitative estimate of drug-likeness (QED) is 0.526. The van der Waals surface area contributed by atoms with Gasteiger partial charge in [0.1, 0.15) is 5.75 Å². The van der Waals surface area contributed by atoms with Gasteiger partial charge in [-0.15, -0.1) is 0 Å². The van der Waals surface area contributed by atoms with E-state index < -0.39 is 21.5 Å². The molecule has 32 heavy (non-hydrogen) atoms. The van der Waals surface area contributed by atoms with Gasteiger partial charge in [-0.2, -0.15) is 0 Å². The summed E-state index contributed by atoms with van der Waals surface area (Å²) in [5.41, 5.74) is 3.08. The van der Waals surface area contributed by atoms with Gasteiger partial charge in [0.25, 0.3) is 0 Å². The highest BCUT2D eigenvalue weighted by molar-refractivity contribution is 7.92. The largest absolute Gasteiger partial charge is 0.490 e. The molecule has 170 valence electrons. The molecule has 0 saturated carbocycles. The second kappa shape index (κ2) is 9.86. The number of hydrogen-bond acceptors (Lipinski definition) is 6. The Labute approximate surface area is 188 Å². The van der Waals surface area contributed by atoms with Crippen LogP contribution < -0.4 is 14.8 Å². The number of hydrogen-bond donors (Lipinski definition) is 1. The van der Waals surface area contributed by atoms with Crippen molar-refractivity contribution < 1.29 is 22.7 Å². The number of sulfone groups is 1. The smallest absolute Gasteiger partial charge is 0.240 e. The van der Waals surface area contributed by atoms with E-state index >= 15 is 0 Å². The molecule has 0 saturated heterocycles. The summed E-state index contributed by atoms with van der Waals surface area (Å²) in [6.07, 6.45) is 2.98. The average Bonchev–Trinajstić information content (AvgIpc) is 3.20. The molecule has 3 rings (SSSR count). The van der Waals surface area contributed by atoms with Gasteiger partial charge in [-0.05, 0) is 51.5 Å². The number of aryl methyl sites for hydroxylation is 2. The van der Waals surface area contributed by atoms with Crippen molar-refractivity contribution in [1.82, 2.24) is 9.55 Å². The molecule has 0 aliphatic carbocycles. The summed E-state index contributed by atoms with van der Waals surface area (Å²) in [6.45, 7) is 8.45. The summed E-state index contributed by atoms with van der Waals surface area (Å²) in [7, 11) is -4.00. The van der Waals surface area contributed by atoms with Gasteiger partial charge in [-0.25, -0.2) is 13.4 Å². The standard InChI is InChI=1S/C23H27N3O5S/c1-5-30-20-10-8-18(14-21(20)31-6-2)25-22(27)15-32(28,29)23-24-11-12-26(23)19-9-7-16(3)13-17(19)4/h7-14H,5-6,15H2,1-4H3,(H,25,27). The summed E-state index contributed by atoms with van der Waals surface area (Å²) in [5, 5.41) is 2.44. The van der Waals surface area contributed by atoms with Crippen molar-refractivity contribution in [2.45, 2.75) is 32.9 Å². The van der Waals surface area contributed by atoms with Crippen molar-refractivity contribution in [2.24, 2.45) is 0 Å². The number of rotatable bonds is 9. The molecule has 0 radical (unpaired) electrons. The third-order valence-corrected chi connectivity index (χ3v) is 6.15. The third kappa shape index (κ3) is 5.28. The molecule has 1 N–H and O–H groups in total. The molecule has 0 spiro atoms. The SMILES string of the molecule is CCOc1ccc(NC(=O)CS(=O)(=O)c2nccn2-c2ccc(C)cc2C)cc1OCC. The van der Waals surface area contributed by atoms with Crippen LogP contribution in [-0.4, -0.2) is 42.8 Å². The number of imidazole rings is 1. The Bertz CT molecular complexity index is 1220. The Balaban J connectivity index is 1.80. The zero-order valence-corrected chi connectivity index (χ0v) is 19.4. The Kier molecular flexibility index (Phi) is 7.19. The molecule has 0 atom stereocenters. The maximum absolute atomic E-state index is 13.0. The highest BCUT2D eigenvalue weighted by atomic mass is 32.2. The van der Waals surface area contributed by atoms with E-state index in [2.05, 4.69) is 10.3 Å². The molecule has 1 aromatic heterocycles. The summed E-state index contributed by atoms with van der Waals surface area (Å²) < 4.78 is 38.5. The summed E-state index contributed by atoms with van der Waals surface area (Å²) in [5.74, 6) is -0.394. The van der Waals surface area contributed by atoms with Crippen molar-refractivity contribution in [2.75, 3.05) is 24.3 Å². The number of nitrogens with one attached hydrogen (secondary N) is 1. The number of nitrogens with zero attached hydrogens (tertiary/aromatic N) is 2. The Hall–Kier alpha value is -3.33. The van der Waals surface area contributed by atoms with Gasteiger partial charge < -0.3 is 14.8 Å². The van der Waals surface area contributed by atoms with E-state index in [0.29, 0.717) is 36.1 Å². The lowest BCUT2D eigenvalue weighted by Crippen LogP contribution is -2.25. The molecule has 1 heterocycles. The fraction of sp³-hybridized carbons (Fsp3) is 0.304. The normalized spacial score (nSPS) is 11.2. The van der Waals surface area contributed by atoms with Crippen LogP contribution in [0.5, 0.6) is 11.5 Å². The van der Waals surface area contributed by atoms with E-state index in [1.54, 1.807) is 24.4 Å². The molecule has 0 aliphatic rings. The number of carbonyl (C=O) groups is 1. The van der Waals surface area contributed by atoms with E-state index in [0.717, 1.165) is 11.1 Å². The molecule has 9 heteroatoms. The lowest BCUT2D eigenvalue weighted by atomic mass is 10.1. The van der Waals surface area contributed by atoms with Crippen LogP contribution in [0.4, 0.5) is 5.69 Å². The fourth-order valence-electron chi connectivity index (χ4n) is 3.34. The zero-order chi connectivity index (χ0) is 23.3. The second-order valence-corrected chi connectivity index (χ2v) is 9.09. The van der Waals surface area contributed by atoms with Crippen molar-refractivity contribution in [3.63, 3.8) is 0 Å². The van der Waals surface area contributed by atoms with Crippen molar-refractivity contribution in [3.05, 3.63) is 59.9 Å². The van der Waals surface area contributed by atoms with Crippen LogP contribution in [0.1, 0.15) is 25.0 Å². The van der Waals surface area contributed by atoms with Gasteiger partial charge in [0.05, 0.1) is 18.9 Å². The maximum Gasteiger partial charge on any atom is 0.240 e. The second-order valence-electron chi connectivity index (χ2n) is 7.20. The summed E-state index contributed by atoms with van der Waals surface area (Å²) >= 11 is 0. The summed E-state index contributed by atoms with van der Waals surface area (Å²) in [6, 6.07) is 10.6. The van der Waals surface area contributed by atoms with Crippen molar-refractivity contribution >= 4 is 21.4 Å². The lowest BCUT2D eigenvalue weighted by Gasteiger charge is -2.14. The fourth-order valence-corrected chi connectivity index (χ4v) is 4.57. The topological polar surface area (TPSA) is 99.5 Å². The van der Waals surface area contributed by atoms with Crippen LogP contribution in [0.3, 0.4) is 0 Å². The summed E-state index contributed by atoms with van der Waals surface area (Å²) in [4.78, 5) is 16.6. The number of benzene rings is 2. The first kappa shape index (κ1) is 23.3. The lowest BCUT2D eigenvalue weighted by molar-refractivity contribution is -0.113. The van der Waals surface area contributed by atoms with Crippen molar-refractivity contribution in [3.8, 4) is 17.2 Å². The van der Waals surface area contributed by atoms with Gasteiger partial charge in [-0.1, -0.05) is 17.7 Å². The molecule has 0 fully saturated rings. The maximum atomic E-state index is 13.0. The number of amides is 1. The monoisotopic (exact) mass is 457 g/mol. The molecule has 0 unspecified atom stereocenters. The Morgan fingerprint density at radius 3 is 2.44 bits per heavy atom. The number of aromatic nitrogens is 2. The molecule has 1 amide bonds. The molecule has 0 aliphatic heterocycles. The van der Waals surface area contributed by atoms with E-state index in [4.69, 9.17) is 9.47 Å². The number of ether oxygens (including phenoxy) is 2. The zero-order valence-electron chi connectivity index (χ0n) is 18.6. The highest BCUT2D eigenvalue weighted by Gasteiger charge is 2.26. The van der Waals surface area contributed by atoms with Crippen LogP contribution in [0.2, 0.25) is 0 Å². The van der Waals surface area contributed by atoms with E-state index in [-0.39, 0.29) is 5.16 Å². The van der Waals surface area contributed by atoms with Crippen molar-refractivity contribution in [1.29, 1.82) is 0 Å². The molecule has 2 aromatic carbocycles. The molecule has 3 aromatic rings. The Morgan fingerprint density at radius 2 is 1.75 bits per heavy atom.